The van der Waals surface area contributed by atoms with Crippen LogP contribution in [0.25, 0.3) is 0 Å². The van der Waals surface area contributed by atoms with Crippen molar-refractivity contribution in [1.29, 1.82) is 0 Å². The third-order valence-electron chi connectivity index (χ3n) is 3.57. The molecule has 0 saturated carbocycles. The molecule has 104 valence electrons. The minimum atomic E-state index is -3.81. The average molecular weight is 282 g/mol. The molecular weight excluding hydrogens is 264 g/mol. The third kappa shape index (κ3) is 2.79. The molecule has 0 radical (unpaired) electrons. The number of carbonyl (C=O) groups is 1. The molecule has 1 aliphatic heterocycles. The zero-order valence-corrected chi connectivity index (χ0v) is 12.0. The van der Waals surface area contributed by atoms with E-state index >= 15 is 0 Å². The van der Waals surface area contributed by atoms with Crippen molar-refractivity contribution in [2.45, 2.75) is 31.6 Å². The summed E-state index contributed by atoms with van der Waals surface area (Å²) in [5, 5.41) is 5.20. The van der Waals surface area contributed by atoms with Crippen LogP contribution in [0.2, 0.25) is 0 Å². The molecule has 1 heterocycles. The van der Waals surface area contributed by atoms with Crippen LogP contribution in [0.4, 0.5) is 0 Å². The second-order valence-corrected chi connectivity index (χ2v) is 6.49. The topological polar surface area (TPSA) is 80.5 Å². The van der Waals surface area contributed by atoms with Crippen LogP contribution >= 0.6 is 0 Å². The highest BCUT2D eigenvalue weighted by Gasteiger charge is 2.22. The Kier molecular flexibility index (Phi) is 3.64. The van der Waals surface area contributed by atoms with Gasteiger partial charge in [-0.1, -0.05) is 0 Å². The Balaban J connectivity index is 2.48. The van der Waals surface area contributed by atoms with E-state index < -0.39 is 10.0 Å². The second-order valence-electron chi connectivity index (χ2n) is 4.96. The molecule has 6 heteroatoms. The zero-order chi connectivity index (χ0) is 14.2. The molecule has 1 fully saturated rings. The van der Waals surface area contributed by atoms with Crippen molar-refractivity contribution in [1.82, 2.24) is 4.90 Å². The van der Waals surface area contributed by atoms with Gasteiger partial charge in [-0.3, -0.25) is 4.79 Å². The van der Waals surface area contributed by atoms with Crippen LogP contribution in [0, 0.1) is 13.8 Å². The highest BCUT2D eigenvalue weighted by atomic mass is 32.2. The van der Waals surface area contributed by atoms with Crippen LogP contribution in [0.3, 0.4) is 0 Å². The normalized spacial score (nSPS) is 15.8. The number of hydrogen-bond acceptors (Lipinski definition) is 3. The number of primary sulfonamides is 1. The Morgan fingerprint density at radius 2 is 1.79 bits per heavy atom. The van der Waals surface area contributed by atoms with Gasteiger partial charge in [0.05, 0.1) is 4.90 Å². The maximum absolute atomic E-state index is 12.3. The zero-order valence-electron chi connectivity index (χ0n) is 11.1. The first-order valence-corrected chi connectivity index (χ1v) is 7.78. The molecule has 1 amide bonds. The fraction of sp³-hybridized carbons (Fsp3) is 0.462. The first-order chi connectivity index (χ1) is 8.80. The molecule has 1 aromatic rings. The van der Waals surface area contributed by atoms with E-state index in [1.165, 1.54) is 6.07 Å². The van der Waals surface area contributed by atoms with Gasteiger partial charge in [-0.15, -0.1) is 0 Å². The summed E-state index contributed by atoms with van der Waals surface area (Å²) >= 11 is 0. The van der Waals surface area contributed by atoms with Crippen LogP contribution in [0.15, 0.2) is 17.0 Å². The monoisotopic (exact) mass is 282 g/mol. The number of carbonyl (C=O) groups excluding carboxylic acids is 1. The van der Waals surface area contributed by atoms with E-state index in [4.69, 9.17) is 5.14 Å². The quantitative estimate of drug-likeness (QED) is 0.884. The van der Waals surface area contributed by atoms with E-state index in [0.29, 0.717) is 11.1 Å². The summed E-state index contributed by atoms with van der Waals surface area (Å²) in [6.45, 7) is 4.94. The van der Waals surface area contributed by atoms with Gasteiger partial charge in [0.25, 0.3) is 5.91 Å². The van der Waals surface area contributed by atoms with Crippen molar-refractivity contribution in [3.05, 3.63) is 28.8 Å². The lowest BCUT2D eigenvalue weighted by molar-refractivity contribution is 0.0792. The van der Waals surface area contributed by atoms with Crippen molar-refractivity contribution in [3.63, 3.8) is 0 Å². The fourth-order valence-electron chi connectivity index (χ4n) is 2.35. The number of nitrogens with zero attached hydrogens (tertiary/aromatic N) is 1. The molecule has 0 aliphatic carbocycles. The van der Waals surface area contributed by atoms with Gasteiger partial charge in [-0.05, 0) is 49.9 Å². The van der Waals surface area contributed by atoms with Gasteiger partial charge in [-0.25, -0.2) is 13.6 Å². The molecule has 0 atom stereocenters. The predicted molar refractivity (Wildman–Crippen MR) is 72.4 cm³/mol. The average Bonchev–Trinajstić information content (AvgIpc) is 2.83. The number of rotatable bonds is 2. The predicted octanol–water partition coefficient (Wildman–Crippen LogP) is 1.19. The largest absolute Gasteiger partial charge is 0.339 e. The molecule has 1 saturated heterocycles. The number of benzene rings is 1. The number of likely N-dealkylation sites (tertiary alicyclic amines) is 1. The summed E-state index contributed by atoms with van der Waals surface area (Å²) in [4.78, 5) is 14.1. The minimum absolute atomic E-state index is 0.0371. The van der Waals surface area contributed by atoms with Crippen LogP contribution in [0.1, 0.15) is 34.3 Å². The minimum Gasteiger partial charge on any atom is -0.339 e. The lowest BCUT2D eigenvalue weighted by Gasteiger charge is -2.17. The maximum Gasteiger partial charge on any atom is 0.253 e. The Bertz CT molecular complexity index is 617. The van der Waals surface area contributed by atoms with E-state index in [-0.39, 0.29) is 10.8 Å². The molecule has 0 unspecified atom stereocenters. The molecule has 0 spiro atoms. The number of aryl methyl sites for hydroxylation is 1. The van der Waals surface area contributed by atoms with Gasteiger partial charge >= 0.3 is 0 Å². The SMILES string of the molecule is Cc1cc(C(=O)N2CCCC2)cc(S(N)(=O)=O)c1C. The second kappa shape index (κ2) is 4.94. The van der Waals surface area contributed by atoms with Gasteiger partial charge in [-0.2, -0.15) is 0 Å². The fourth-order valence-corrected chi connectivity index (χ4v) is 3.23. The van der Waals surface area contributed by atoms with Crippen LogP contribution in [-0.4, -0.2) is 32.3 Å². The molecule has 5 nitrogen and oxygen atoms in total. The Hall–Kier alpha value is -1.40. The lowest BCUT2D eigenvalue weighted by Crippen LogP contribution is -2.28. The van der Waals surface area contributed by atoms with Gasteiger partial charge < -0.3 is 4.90 Å². The Morgan fingerprint density at radius 3 is 2.32 bits per heavy atom. The number of sulfonamides is 1. The lowest BCUT2D eigenvalue weighted by atomic mass is 10.1. The van der Waals surface area contributed by atoms with Gasteiger partial charge in [0, 0.05) is 18.7 Å². The molecule has 0 aromatic heterocycles. The van der Waals surface area contributed by atoms with Gasteiger partial charge in [0.1, 0.15) is 0 Å². The highest BCUT2D eigenvalue weighted by molar-refractivity contribution is 7.89. The molecule has 2 rings (SSSR count). The third-order valence-corrected chi connectivity index (χ3v) is 4.60. The van der Waals surface area contributed by atoms with E-state index in [2.05, 4.69) is 0 Å². The summed E-state index contributed by atoms with van der Waals surface area (Å²) in [5.41, 5.74) is 1.75. The Morgan fingerprint density at radius 1 is 1.21 bits per heavy atom. The first kappa shape index (κ1) is 14.0. The van der Waals surface area contributed by atoms with Crippen molar-refractivity contribution in [2.75, 3.05) is 13.1 Å². The molecule has 1 aromatic carbocycles. The van der Waals surface area contributed by atoms with Crippen molar-refractivity contribution < 1.29 is 13.2 Å². The van der Waals surface area contributed by atoms with Crippen molar-refractivity contribution in [2.24, 2.45) is 5.14 Å². The van der Waals surface area contributed by atoms with Gasteiger partial charge in [0.15, 0.2) is 0 Å². The summed E-state index contributed by atoms with van der Waals surface area (Å²) in [5.74, 6) is -0.120. The molecule has 1 aliphatic rings. The van der Waals surface area contributed by atoms with E-state index in [9.17, 15) is 13.2 Å². The number of hydrogen-bond donors (Lipinski definition) is 1. The summed E-state index contributed by atoms with van der Waals surface area (Å²) in [6, 6.07) is 3.11. The maximum atomic E-state index is 12.3. The van der Waals surface area contributed by atoms with Crippen LogP contribution < -0.4 is 5.14 Å². The van der Waals surface area contributed by atoms with E-state index in [1.54, 1.807) is 24.8 Å². The van der Waals surface area contributed by atoms with Crippen molar-refractivity contribution in [3.8, 4) is 0 Å². The molecular formula is C13H18N2O3S. The molecule has 2 N–H and O–H groups in total. The molecule has 19 heavy (non-hydrogen) atoms. The highest BCUT2D eigenvalue weighted by Crippen LogP contribution is 2.22. The number of nitrogens with two attached hydrogens (primary N) is 1. The van der Waals surface area contributed by atoms with Crippen molar-refractivity contribution >= 4 is 15.9 Å². The summed E-state index contributed by atoms with van der Waals surface area (Å²) in [7, 11) is -3.81. The standard InChI is InChI=1S/C13H18N2O3S/c1-9-7-11(13(16)15-5-3-4-6-15)8-12(10(9)2)19(14,17)18/h7-8H,3-6H2,1-2H3,(H2,14,17,18). The summed E-state index contributed by atoms with van der Waals surface area (Å²) in [6.07, 6.45) is 2.00. The molecule has 0 bridgehead atoms. The van der Waals surface area contributed by atoms with E-state index in [0.717, 1.165) is 31.5 Å². The number of amides is 1. The van der Waals surface area contributed by atoms with Gasteiger partial charge in [0.2, 0.25) is 10.0 Å². The van der Waals surface area contributed by atoms with Crippen LogP contribution in [0.5, 0.6) is 0 Å². The smallest absolute Gasteiger partial charge is 0.253 e. The Labute approximate surface area is 113 Å². The summed E-state index contributed by atoms with van der Waals surface area (Å²) < 4.78 is 23.1. The van der Waals surface area contributed by atoms with E-state index in [1.807, 2.05) is 0 Å². The first-order valence-electron chi connectivity index (χ1n) is 6.24. The van der Waals surface area contributed by atoms with Crippen LogP contribution in [-0.2, 0) is 10.0 Å².